The molecule has 1 saturated heterocycles. The van der Waals surface area contributed by atoms with Crippen LogP contribution in [0.1, 0.15) is 17.5 Å². The molecule has 0 atom stereocenters. The van der Waals surface area contributed by atoms with E-state index in [1.54, 1.807) is 24.5 Å². The molecule has 24 heavy (non-hydrogen) atoms. The van der Waals surface area contributed by atoms with E-state index in [0.717, 1.165) is 43.9 Å². The van der Waals surface area contributed by atoms with Crippen LogP contribution in [-0.2, 0) is 11.2 Å². The molecule has 1 aromatic carbocycles. The van der Waals surface area contributed by atoms with Gasteiger partial charge in [0, 0.05) is 50.7 Å². The largest absolute Gasteiger partial charge is 0.368 e. The van der Waals surface area contributed by atoms with Gasteiger partial charge < -0.3 is 9.80 Å². The molecule has 0 unspecified atom stereocenters. The fourth-order valence-electron chi connectivity index (χ4n) is 2.92. The summed E-state index contributed by atoms with van der Waals surface area (Å²) in [5.41, 5.74) is 2.91. The fraction of sp³-hybridized carbons (Fsp3) is 0.316. The number of amides is 1. The van der Waals surface area contributed by atoms with Crippen molar-refractivity contribution in [3.63, 3.8) is 0 Å². The molecule has 1 aliphatic heterocycles. The quantitative estimate of drug-likeness (QED) is 0.867. The highest BCUT2D eigenvalue weighted by Gasteiger charge is 2.20. The molecule has 1 fully saturated rings. The monoisotopic (exact) mass is 320 g/mol. The first-order valence-corrected chi connectivity index (χ1v) is 8.18. The molecule has 5 nitrogen and oxygen atoms in total. The van der Waals surface area contributed by atoms with E-state index in [0.29, 0.717) is 12.0 Å². The number of rotatable bonds is 4. The maximum absolute atomic E-state index is 12.4. The van der Waals surface area contributed by atoms with Crippen LogP contribution in [-0.4, -0.2) is 42.0 Å². The van der Waals surface area contributed by atoms with Crippen molar-refractivity contribution in [1.82, 2.24) is 9.88 Å². The fourth-order valence-corrected chi connectivity index (χ4v) is 2.92. The summed E-state index contributed by atoms with van der Waals surface area (Å²) in [5, 5.41) is 8.80. The number of carbonyl (C=O) groups is 1. The maximum atomic E-state index is 12.4. The van der Waals surface area contributed by atoms with Gasteiger partial charge in [0.15, 0.2) is 0 Å². The van der Waals surface area contributed by atoms with E-state index in [-0.39, 0.29) is 5.91 Å². The lowest BCUT2D eigenvalue weighted by Crippen LogP contribution is -2.48. The Morgan fingerprint density at radius 3 is 2.33 bits per heavy atom. The van der Waals surface area contributed by atoms with Crippen LogP contribution in [0.2, 0.25) is 0 Å². The number of aromatic nitrogens is 1. The lowest BCUT2D eigenvalue weighted by Gasteiger charge is -2.36. The van der Waals surface area contributed by atoms with Crippen molar-refractivity contribution in [2.45, 2.75) is 12.8 Å². The van der Waals surface area contributed by atoms with Gasteiger partial charge in [-0.3, -0.25) is 9.78 Å². The molecular weight excluding hydrogens is 300 g/mol. The Hall–Kier alpha value is -2.87. The second kappa shape index (κ2) is 7.60. The number of pyridine rings is 1. The zero-order valence-electron chi connectivity index (χ0n) is 13.6. The van der Waals surface area contributed by atoms with Crippen molar-refractivity contribution in [3.05, 3.63) is 59.9 Å². The molecule has 0 N–H and O–H groups in total. The van der Waals surface area contributed by atoms with Crippen LogP contribution in [0.5, 0.6) is 0 Å². The van der Waals surface area contributed by atoms with Crippen molar-refractivity contribution in [2.75, 3.05) is 31.1 Å². The van der Waals surface area contributed by atoms with E-state index < -0.39 is 0 Å². The van der Waals surface area contributed by atoms with E-state index in [2.05, 4.69) is 16.0 Å². The van der Waals surface area contributed by atoms with Crippen LogP contribution >= 0.6 is 0 Å². The van der Waals surface area contributed by atoms with Gasteiger partial charge in [-0.1, -0.05) is 12.1 Å². The third-order valence-electron chi connectivity index (χ3n) is 4.37. The smallest absolute Gasteiger partial charge is 0.223 e. The SMILES string of the molecule is N#Cc1ccc(CCC(=O)N2CCN(c3ccncc3)CC2)cc1. The second-order valence-electron chi connectivity index (χ2n) is 5.88. The van der Waals surface area contributed by atoms with Gasteiger partial charge in [0.25, 0.3) is 0 Å². The van der Waals surface area contributed by atoms with Gasteiger partial charge in [-0.25, -0.2) is 0 Å². The third-order valence-corrected chi connectivity index (χ3v) is 4.37. The van der Waals surface area contributed by atoms with Crippen molar-refractivity contribution in [1.29, 1.82) is 5.26 Å². The van der Waals surface area contributed by atoms with Gasteiger partial charge >= 0.3 is 0 Å². The van der Waals surface area contributed by atoms with Crippen LogP contribution < -0.4 is 4.90 Å². The lowest BCUT2D eigenvalue weighted by atomic mass is 10.1. The minimum atomic E-state index is 0.203. The van der Waals surface area contributed by atoms with Crippen LogP contribution in [0, 0.1) is 11.3 Å². The summed E-state index contributed by atoms with van der Waals surface area (Å²) in [5.74, 6) is 0.203. The summed E-state index contributed by atoms with van der Waals surface area (Å²) in [7, 11) is 0. The summed E-state index contributed by atoms with van der Waals surface area (Å²) < 4.78 is 0. The minimum Gasteiger partial charge on any atom is -0.368 e. The Morgan fingerprint density at radius 1 is 1.04 bits per heavy atom. The summed E-state index contributed by atoms with van der Waals surface area (Å²) in [6.45, 7) is 3.22. The zero-order chi connectivity index (χ0) is 16.8. The Morgan fingerprint density at radius 2 is 1.71 bits per heavy atom. The van der Waals surface area contributed by atoms with Gasteiger partial charge in [0.05, 0.1) is 11.6 Å². The highest BCUT2D eigenvalue weighted by Crippen LogP contribution is 2.15. The van der Waals surface area contributed by atoms with Gasteiger partial charge in [0.2, 0.25) is 5.91 Å². The molecule has 122 valence electrons. The topological polar surface area (TPSA) is 60.2 Å². The normalized spacial score (nSPS) is 14.3. The number of nitrogens with zero attached hydrogens (tertiary/aromatic N) is 4. The molecular formula is C19H20N4O. The van der Waals surface area contributed by atoms with E-state index in [4.69, 9.17) is 5.26 Å². The average molecular weight is 320 g/mol. The van der Waals surface area contributed by atoms with E-state index in [1.165, 1.54) is 0 Å². The number of piperazine rings is 1. The first-order valence-electron chi connectivity index (χ1n) is 8.18. The minimum absolute atomic E-state index is 0.203. The van der Waals surface area contributed by atoms with Crippen molar-refractivity contribution < 1.29 is 4.79 Å². The number of aryl methyl sites for hydroxylation is 1. The Kier molecular flexibility index (Phi) is 5.07. The molecule has 3 rings (SSSR count). The highest BCUT2D eigenvalue weighted by molar-refractivity contribution is 5.76. The summed E-state index contributed by atoms with van der Waals surface area (Å²) in [6, 6.07) is 13.6. The molecule has 0 aliphatic carbocycles. The lowest BCUT2D eigenvalue weighted by molar-refractivity contribution is -0.131. The predicted octanol–water partition coefficient (Wildman–Crippen LogP) is 2.23. The van der Waals surface area contributed by atoms with Crippen molar-refractivity contribution in [2.24, 2.45) is 0 Å². The average Bonchev–Trinajstić information content (AvgIpc) is 2.67. The van der Waals surface area contributed by atoms with Gasteiger partial charge in [0.1, 0.15) is 0 Å². The molecule has 2 aromatic rings. The van der Waals surface area contributed by atoms with Crippen LogP contribution in [0.4, 0.5) is 5.69 Å². The Labute approximate surface area is 142 Å². The van der Waals surface area contributed by atoms with E-state index >= 15 is 0 Å². The molecule has 0 saturated carbocycles. The highest BCUT2D eigenvalue weighted by atomic mass is 16.2. The van der Waals surface area contributed by atoms with Crippen LogP contribution in [0.15, 0.2) is 48.8 Å². The molecule has 2 heterocycles. The molecule has 5 heteroatoms. The molecule has 1 aromatic heterocycles. The van der Waals surface area contributed by atoms with Crippen molar-refractivity contribution in [3.8, 4) is 6.07 Å². The summed E-state index contributed by atoms with van der Waals surface area (Å²) in [6.07, 6.45) is 4.82. The first kappa shape index (κ1) is 16.0. The molecule has 1 aliphatic rings. The molecule has 0 radical (unpaired) electrons. The van der Waals surface area contributed by atoms with Crippen molar-refractivity contribution >= 4 is 11.6 Å². The van der Waals surface area contributed by atoms with E-state index in [9.17, 15) is 4.79 Å². The number of benzene rings is 1. The first-order chi connectivity index (χ1) is 11.8. The van der Waals surface area contributed by atoms with Gasteiger partial charge in [-0.15, -0.1) is 0 Å². The number of nitriles is 1. The summed E-state index contributed by atoms with van der Waals surface area (Å²) >= 11 is 0. The Bertz CT molecular complexity index is 713. The standard InChI is InChI=1S/C19H20N4O/c20-15-17-3-1-16(2-4-17)5-6-19(24)23-13-11-22(12-14-23)18-7-9-21-10-8-18/h1-4,7-10H,5-6,11-14H2. The predicted molar refractivity (Wildman–Crippen MR) is 92.5 cm³/mol. The van der Waals surface area contributed by atoms with Gasteiger partial charge in [-0.05, 0) is 36.2 Å². The second-order valence-corrected chi connectivity index (χ2v) is 5.88. The third kappa shape index (κ3) is 3.90. The summed E-state index contributed by atoms with van der Waals surface area (Å²) in [4.78, 5) is 20.7. The molecule has 0 bridgehead atoms. The zero-order valence-corrected chi connectivity index (χ0v) is 13.6. The van der Waals surface area contributed by atoms with Crippen LogP contribution in [0.25, 0.3) is 0 Å². The molecule has 0 spiro atoms. The van der Waals surface area contributed by atoms with Crippen LogP contribution in [0.3, 0.4) is 0 Å². The number of hydrogen-bond acceptors (Lipinski definition) is 4. The molecule has 1 amide bonds. The number of carbonyl (C=O) groups excluding carboxylic acids is 1. The number of hydrogen-bond donors (Lipinski definition) is 0. The number of anilines is 1. The van der Waals surface area contributed by atoms with Gasteiger partial charge in [-0.2, -0.15) is 5.26 Å². The van der Waals surface area contributed by atoms with E-state index in [1.807, 2.05) is 29.2 Å². The maximum Gasteiger partial charge on any atom is 0.223 e. The Balaban J connectivity index is 1.47.